The first kappa shape index (κ1) is 14.8. The number of aryl methyl sites for hydroxylation is 2. The summed E-state index contributed by atoms with van der Waals surface area (Å²) in [6.07, 6.45) is 0.306. The molecule has 2 rings (SSSR count). The molecule has 2 aromatic rings. The Bertz CT molecular complexity index is 629. The highest BCUT2D eigenvalue weighted by atomic mass is 35.5. The summed E-state index contributed by atoms with van der Waals surface area (Å²) < 4.78 is 1.61. The molecule has 0 N–H and O–H groups in total. The molecule has 0 saturated carbocycles. The molecule has 0 aliphatic heterocycles. The lowest BCUT2D eigenvalue weighted by Gasteiger charge is -2.23. The SMILES string of the molecule is Cc1nn(C)c(Cl)c1CC(=O)C(C)(C)c1ccccc1. The fraction of sp³-hybridized carbons (Fsp3) is 0.375. The number of hydrogen-bond donors (Lipinski definition) is 0. The van der Waals surface area contributed by atoms with Crippen LogP contribution in [0.1, 0.15) is 30.7 Å². The lowest BCUT2D eigenvalue weighted by atomic mass is 9.78. The molecule has 0 aliphatic rings. The molecule has 0 atom stereocenters. The second-order valence-corrected chi connectivity index (χ2v) is 5.93. The Morgan fingerprint density at radius 3 is 2.40 bits per heavy atom. The van der Waals surface area contributed by atoms with Gasteiger partial charge in [-0.15, -0.1) is 0 Å². The first-order valence-corrected chi connectivity index (χ1v) is 6.98. The summed E-state index contributed by atoms with van der Waals surface area (Å²) in [7, 11) is 1.78. The number of ketones is 1. The molecule has 106 valence electrons. The average Bonchev–Trinajstić information content (AvgIpc) is 2.66. The molecule has 1 heterocycles. The molecule has 1 aromatic heterocycles. The van der Waals surface area contributed by atoms with Gasteiger partial charge in [0.25, 0.3) is 0 Å². The fourth-order valence-corrected chi connectivity index (χ4v) is 2.51. The Morgan fingerprint density at radius 1 is 1.30 bits per heavy atom. The number of Topliss-reactive ketones (excluding diaryl/α,β-unsaturated/α-hetero) is 1. The van der Waals surface area contributed by atoms with Gasteiger partial charge in [-0.05, 0) is 26.3 Å². The van der Waals surface area contributed by atoms with Crippen molar-refractivity contribution in [1.82, 2.24) is 9.78 Å². The van der Waals surface area contributed by atoms with Crippen LogP contribution < -0.4 is 0 Å². The van der Waals surface area contributed by atoms with E-state index in [1.807, 2.05) is 51.1 Å². The molecule has 0 aliphatic carbocycles. The molecular formula is C16H19ClN2O. The van der Waals surface area contributed by atoms with Crippen LogP contribution in [0.3, 0.4) is 0 Å². The highest BCUT2D eigenvalue weighted by molar-refractivity contribution is 6.30. The Morgan fingerprint density at radius 2 is 1.90 bits per heavy atom. The third-order valence-corrected chi connectivity index (χ3v) is 4.27. The quantitative estimate of drug-likeness (QED) is 0.864. The Kier molecular flexibility index (Phi) is 4.00. The van der Waals surface area contributed by atoms with Crippen LogP contribution in [-0.2, 0) is 23.7 Å². The van der Waals surface area contributed by atoms with E-state index in [-0.39, 0.29) is 5.78 Å². The first-order valence-electron chi connectivity index (χ1n) is 6.61. The van der Waals surface area contributed by atoms with Crippen molar-refractivity contribution in [3.05, 3.63) is 52.3 Å². The second kappa shape index (κ2) is 5.41. The van der Waals surface area contributed by atoms with Gasteiger partial charge in [-0.2, -0.15) is 5.10 Å². The Hall–Kier alpha value is -1.61. The predicted octanol–water partition coefficient (Wildman–Crippen LogP) is 3.47. The third kappa shape index (κ3) is 2.63. The van der Waals surface area contributed by atoms with Gasteiger partial charge in [0.05, 0.1) is 5.69 Å². The zero-order valence-corrected chi connectivity index (χ0v) is 13.0. The standard InChI is InChI=1S/C16H19ClN2O/c1-11-13(15(17)19(4)18-11)10-14(20)16(2,3)12-8-6-5-7-9-12/h5-9H,10H2,1-4H3. The Labute approximate surface area is 124 Å². The van der Waals surface area contributed by atoms with Crippen LogP contribution in [0.5, 0.6) is 0 Å². The number of hydrogen-bond acceptors (Lipinski definition) is 2. The van der Waals surface area contributed by atoms with Gasteiger partial charge >= 0.3 is 0 Å². The number of rotatable bonds is 4. The van der Waals surface area contributed by atoms with Crippen LogP contribution in [0.4, 0.5) is 0 Å². The van der Waals surface area contributed by atoms with Crippen LogP contribution in [0.25, 0.3) is 0 Å². The van der Waals surface area contributed by atoms with Gasteiger partial charge in [0.15, 0.2) is 0 Å². The van der Waals surface area contributed by atoms with E-state index in [1.54, 1.807) is 11.7 Å². The summed E-state index contributed by atoms with van der Waals surface area (Å²) in [6, 6.07) is 9.82. The maximum atomic E-state index is 12.7. The molecule has 0 spiro atoms. The van der Waals surface area contributed by atoms with E-state index in [4.69, 9.17) is 11.6 Å². The summed E-state index contributed by atoms with van der Waals surface area (Å²) in [5.74, 6) is 0.140. The molecule has 3 nitrogen and oxygen atoms in total. The van der Waals surface area contributed by atoms with Crippen molar-refractivity contribution >= 4 is 17.4 Å². The topological polar surface area (TPSA) is 34.9 Å². The number of benzene rings is 1. The number of aromatic nitrogens is 2. The predicted molar refractivity (Wildman–Crippen MR) is 81.1 cm³/mol. The first-order chi connectivity index (χ1) is 9.34. The number of nitrogens with zero attached hydrogens (tertiary/aromatic N) is 2. The van der Waals surface area contributed by atoms with Crippen molar-refractivity contribution in [3.8, 4) is 0 Å². The van der Waals surface area contributed by atoms with Crippen LogP contribution in [-0.4, -0.2) is 15.6 Å². The maximum absolute atomic E-state index is 12.7. The van der Waals surface area contributed by atoms with Crippen molar-refractivity contribution in [2.24, 2.45) is 7.05 Å². The van der Waals surface area contributed by atoms with E-state index < -0.39 is 5.41 Å². The van der Waals surface area contributed by atoms with Gasteiger partial charge in [0.2, 0.25) is 0 Å². The third-order valence-electron chi connectivity index (χ3n) is 3.80. The number of carbonyl (C=O) groups is 1. The monoisotopic (exact) mass is 290 g/mol. The van der Waals surface area contributed by atoms with Crippen LogP contribution in [0.15, 0.2) is 30.3 Å². The maximum Gasteiger partial charge on any atom is 0.147 e. The Balaban J connectivity index is 2.28. The lowest BCUT2D eigenvalue weighted by Crippen LogP contribution is -2.30. The van der Waals surface area contributed by atoms with Crippen molar-refractivity contribution < 1.29 is 4.79 Å². The van der Waals surface area contributed by atoms with Gasteiger partial charge in [-0.3, -0.25) is 9.48 Å². The van der Waals surface area contributed by atoms with E-state index in [2.05, 4.69) is 5.10 Å². The van der Waals surface area contributed by atoms with Gasteiger partial charge in [0.1, 0.15) is 10.9 Å². The van der Waals surface area contributed by atoms with E-state index in [9.17, 15) is 4.79 Å². The molecule has 0 amide bonds. The molecule has 20 heavy (non-hydrogen) atoms. The minimum atomic E-state index is -0.535. The highest BCUT2D eigenvalue weighted by Gasteiger charge is 2.30. The van der Waals surface area contributed by atoms with Crippen molar-refractivity contribution in [1.29, 1.82) is 0 Å². The zero-order chi connectivity index (χ0) is 14.9. The van der Waals surface area contributed by atoms with Gasteiger partial charge in [-0.1, -0.05) is 41.9 Å². The number of halogens is 1. The fourth-order valence-electron chi connectivity index (χ4n) is 2.27. The van der Waals surface area contributed by atoms with E-state index in [1.165, 1.54) is 0 Å². The summed E-state index contributed by atoms with van der Waals surface area (Å²) in [5, 5.41) is 4.79. The van der Waals surface area contributed by atoms with Gasteiger partial charge < -0.3 is 0 Å². The summed E-state index contributed by atoms with van der Waals surface area (Å²) >= 11 is 6.20. The van der Waals surface area contributed by atoms with Crippen molar-refractivity contribution in [3.63, 3.8) is 0 Å². The molecule has 0 bridgehead atoms. The smallest absolute Gasteiger partial charge is 0.147 e. The van der Waals surface area contributed by atoms with E-state index in [0.717, 1.165) is 16.8 Å². The average molecular weight is 291 g/mol. The van der Waals surface area contributed by atoms with Crippen LogP contribution >= 0.6 is 11.6 Å². The summed E-state index contributed by atoms with van der Waals surface area (Å²) in [4.78, 5) is 12.7. The second-order valence-electron chi connectivity index (χ2n) is 5.57. The molecule has 0 fully saturated rings. The normalized spacial score (nSPS) is 11.7. The molecule has 0 radical (unpaired) electrons. The molecule has 0 unspecified atom stereocenters. The molecule has 1 aromatic carbocycles. The molecular weight excluding hydrogens is 272 g/mol. The zero-order valence-electron chi connectivity index (χ0n) is 12.3. The minimum Gasteiger partial charge on any atom is -0.298 e. The van der Waals surface area contributed by atoms with Crippen molar-refractivity contribution in [2.45, 2.75) is 32.6 Å². The summed E-state index contributed by atoms with van der Waals surface area (Å²) in [5.41, 5.74) is 2.12. The largest absolute Gasteiger partial charge is 0.298 e. The molecule has 4 heteroatoms. The minimum absolute atomic E-state index is 0.140. The molecule has 0 saturated heterocycles. The number of carbonyl (C=O) groups excluding carboxylic acids is 1. The van der Waals surface area contributed by atoms with E-state index >= 15 is 0 Å². The van der Waals surface area contributed by atoms with E-state index in [0.29, 0.717) is 11.6 Å². The lowest BCUT2D eigenvalue weighted by molar-refractivity contribution is -0.122. The van der Waals surface area contributed by atoms with Crippen LogP contribution in [0.2, 0.25) is 5.15 Å². The highest BCUT2D eigenvalue weighted by Crippen LogP contribution is 2.28. The van der Waals surface area contributed by atoms with Crippen LogP contribution in [0, 0.1) is 6.92 Å². The van der Waals surface area contributed by atoms with Gasteiger partial charge in [-0.25, -0.2) is 0 Å². The van der Waals surface area contributed by atoms with Gasteiger partial charge in [0, 0.05) is 24.4 Å². The summed E-state index contributed by atoms with van der Waals surface area (Å²) in [6.45, 7) is 5.78. The van der Waals surface area contributed by atoms with Crippen molar-refractivity contribution in [2.75, 3.05) is 0 Å².